The third kappa shape index (κ3) is 4.80. The summed E-state index contributed by atoms with van der Waals surface area (Å²) in [5.74, 6) is -0.343. The lowest BCUT2D eigenvalue weighted by Gasteiger charge is -2.32. The van der Waals surface area contributed by atoms with Crippen molar-refractivity contribution < 1.29 is 9.18 Å². The molecule has 1 saturated heterocycles. The number of Topliss-reactive ketones (excluding diaryl/α,β-unsaturated/α-hetero) is 1. The van der Waals surface area contributed by atoms with Crippen molar-refractivity contribution in [3.8, 4) is 11.1 Å². The van der Waals surface area contributed by atoms with E-state index in [2.05, 4.69) is 10.00 Å². The summed E-state index contributed by atoms with van der Waals surface area (Å²) in [7, 11) is 0. The monoisotopic (exact) mass is 391 g/mol. The van der Waals surface area contributed by atoms with E-state index in [1.165, 1.54) is 6.07 Å². The maximum atomic E-state index is 14.7. The van der Waals surface area contributed by atoms with Gasteiger partial charge in [0, 0.05) is 42.5 Å². The summed E-state index contributed by atoms with van der Waals surface area (Å²) in [4.78, 5) is 15.3. The molecule has 0 saturated carbocycles. The number of halogens is 1. The summed E-state index contributed by atoms with van der Waals surface area (Å²) in [5, 5.41) is 4.23. The highest BCUT2D eigenvalue weighted by atomic mass is 19.1. The molecule has 0 radical (unpaired) electrons. The zero-order valence-corrected chi connectivity index (χ0v) is 16.5. The SMILES string of the molecule is O=C(c1ccc(-c2ccccc2)c(F)c1)[C@H]1CCCN(CCCn2cccn2)C1. The van der Waals surface area contributed by atoms with Gasteiger partial charge in [-0.05, 0) is 50.0 Å². The molecule has 2 aromatic carbocycles. The summed E-state index contributed by atoms with van der Waals surface area (Å²) in [6, 6.07) is 16.3. The van der Waals surface area contributed by atoms with Crippen LogP contribution in [-0.2, 0) is 6.54 Å². The minimum absolute atomic E-state index is 0.0558. The standard InChI is InChI=1S/C24H26FN3O/c25-23-17-20(10-11-22(23)19-7-2-1-3-8-19)24(29)21-9-4-13-27(18-21)14-6-16-28-15-5-12-26-28/h1-3,5,7-8,10-12,15,17,21H,4,6,9,13-14,16,18H2/t21-/m0/s1. The van der Waals surface area contributed by atoms with Crippen molar-refractivity contribution in [2.45, 2.75) is 25.8 Å². The fourth-order valence-electron chi connectivity index (χ4n) is 4.12. The molecule has 1 atom stereocenters. The van der Waals surface area contributed by atoms with Crippen molar-refractivity contribution in [3.63, 3.8) is 0 Å². The molecule has 0 amide bonds. The quantitative estimate of drug-likeness (QED) is 0.549. The number of rotatable bonds is 7. The molecule has 1 aromatic heterocycles. The van der Waals surface area contributed by atoms with Gasteiger partial charge in [-0.1, -0.05) is 42.5 Å². The average Bonchev–Trinajstić information content (AvgIpc) is 3.27. The maximum absolute atomic E-state index is 14.7. The van der Waals surface area contributed by atoms with Crippen molar-refractivity contribution in [3.05, 3.63) is 78.4 Å². The largest absolute Gasteiger partial charge is 0.303 e. The second-order valence-electron chi connectivity index (χ2n) is 7.69. The van der Waals surface area contributed by atoms with E-state index in [0.717, 1.165) is 51.0 Å². The smallest absolute Gasteiger partial charge is 0.167 e. The Bertz CT molecular complexity index is 940. The van der Waals surface area contributed by atoms with Gasteiger partial charge >= 0.3 is 0 Å². The van der Waals surface area contributed by atoms with Crippen LogP contribution in [0.15, 0.2) is 67.0 Å². The lowest BCUT2D eigenvalue weighted by molar-refractivity contribution is 0.0816. The van der Waals surface area contributed by atoms with E-state index < -0.39 is 0 Å². The van der Waals surface area contributed by atoms with Crippen LogP contribution in [0, 0.1) is 11.7 Å². The number of aryl methyl sites for hydroxylation is 1. The molecule has 2 heterocycles. The molecule has 0 unspecified atom stereocenters. The van der Waals surface area contributed by atoms with Crippen molar-refractivity contribution in [2.24, 2.45) is 5.92 Å². The fourth-order valence-corrected chi connectivity index (χ4v) is 4.12. The van der Waals surface area contributed by atoms with Crippen LogP contribution in [0.2, 0.25) is 0 Å². The highest BCUT2D eigenvalue weighted by molar-refractivity contribution is 5.98. The van der Waals surface area contributed by atoms with Crippen LogP contribution in [0.5, 0.6) is 0 Å². The Morgan fingerprint density at radius 1 is 1.10 bits per heavy atom. The van der Waals surface area contributed by atoms with Gasteiger partial charge in [-0.2, -0.15) is 5.10 Å². The molecule has 1 aliphatic heterocycles. The number of benzene rings is 2. The molecule has 0 N–H and O–H groups in total. The highest BCUT2D eigenvalue weighted by Crippen LogP contribution is 2.26. The second kappa shape index (κ2) is 9.14. The Hall–Kier alpha value is -2.79. The Kier molecular flexibility index (Phi) is 6.15. The highest BCUT2D eigenvalue weighted by Gasteiger charge is 2.27. The molecule has 0 spiro atoms. The first-order chi connectivity index (χ1) is 14.2. The van der Waals surface area contributed by atoms with Gasteiger partial charge in [0.05, 0.1) is 0 Å². The van der Waals surface area contributed by atoms with Crippen LogP contribution in [0.4, 0.5) is 4.39 Å². The van der Waals surface area contributed by atoms with Gasteiger partial charge in [0.25, 0.3) is 0 Å². The normalized spacial score (nSPS) is 17.3. The molecule has 1 fully saturated rings. The molecule has 1 aliphatic rings. The third-order valence-corrected chi connectivity index (χ3v) is 5.64. The molecular formula is C24H26FN3O. The van der Waals surface area contributed by atoms with Gasteiger partial charge in [0.15, 0.2) is 5.78 Å². The minimum Gasteiger partial charge on any atom is -0.303 e. The molecule has 0 bridgehead atoms. The number of carbonyl (C=O) groups is 1. The number of piperidine rings is 1. The van der Waals surface area contributed by atoms with E-state index in [0.29, 0.717) is 11.1 Å². The summed E-state index contributed by atoms with van der Waals surface area (Å²) in [5.41, 5.74) is 1.83. The molecule has 150 valence electrons. The van der Waals surface area contributed by atoms with E-state index in [9.17, 15) is 9.18 Å². The van der Waals surface area contributed by atoms with Gasteiger partial charge < -0.3 is 4.90 Å². The zero-order chi connectivity index (χ0) is 20.1. The molecule has 4 nitrogen and oxygen atoms in total. The maximum Gasteiger partial charge on any atom is 0.167 e. The van der Waals surface area contributed by atoms with Gasteiger partial charge in [0.2, 0.25) is 0 Å². The van der Waals surface area contributed by atoms with E-state index in [1.807, 2.05) is 47.3 Å². The zero-order valence-electron chi connectivity index (χ0n) is 16.5. The number of nitrogens with zero attached hydrogens (tertiary/aromatic N) is 3. The first-order valence-corrected chi connectivity index (χ1v) is 10.3. The van der Waals surface area contributed by atoms with E-state index in [1.54, 1.807) is 18.3 Å². The lowest BCUT2D eigenvalue weighted by Crippen LogP contribution is -2.39. The second-order valence-corrected chi connectivity index (χ2v) is 7.69. The average molecular weight is 391 g/mol. The minimum atomic E-state index is -0.339. The molecule has 5 heteroatoms. The van der Waals surface area contributed by atoms with Gasteiger partial charge in [-0.3, -0.25) is 9.48 Å². The van der Waals surface area contributed by atoms with Gasteiger partial charge in [-0.25, -0.2) is 4.39 Å². The summed E-state index contributed by atoms with van der Waals surface area (Å²) >= 11 is 0. The van der Waals surface area contributed by atoms with Crippen molar-refractivity contribution >= 4 is 5.78 Å². The predicted octanol–water partition coefficient (Wildman–Crippen LogP) is 4.67. The summed E-state index contributed by atoms with van der Waals surface area (Å²) in [6.07, 6.45) is 6.64. The fraction of sp³-hybridized carbons (Fsp3) is 0.333. The first-order valence-electron chi connectivity index (χ1n) is 10.3. The van der Waals surface area contributed by atoms with Crippen LogP contribution in [0.1, 0.15) is 29.6 Å². The summed E-state index contributed by atoms with van der Waals surface area (Å²) < 4.78 is 16.6. The predicted molar refractivity (Wildman–Crippen MR) is 112 cm³/mol. The van der Waals surface area contributed by atoms with Crippen LogP contribution in [0.3, 0.4) is 0 Å². The first kappa shape index (κ1) is 19.5. The van der Waals surface area contributed by atoms with E-state index in [-0.39, 0.29) is 17.5 Å². The summed E-state index contributed by atoms with van der Waals surface area (Å²) in [6.45, 7) is 3.60. The molecule has 29 heavy (non-hydrogen) atoms. The Morgan fingerprint density at radius 3 is 2.72 bits per heavy atom. The van der Waals surface area contributed by atoms with Gasteiger partial charge in [0.1, 0.15) is 5.82 Å². The topological polar surface area (TPSA) is 38.1 Å². The number of ketones is 1. The van der Waals surface area contributed by atoms with Crippen molar-refractivity contribution in [2.75, 3.05) is 19.6 Å². The number of hydrogen-bond acceptors (Lipinski definition) is 3. The van der Waals surface area contributed by atoms with Crippen molar-refractivity contribution in [1.82, 2.24) is 14.7 Å². The van der Waals surface area contributed by atoms with Crippen molar-refractivity contribution in [1.29, 1.82) is 0 Å². The number of carbonyl (C=O) groups excluding carboxylic acids is 1. The van der Waals surface area contributed by atoms with Crippen LogP contribution in [0.25, 0.3) is 11.1 Å². The lowest BCUT2D eigenvalue weighted by atomic mass is 9.89. The molecule has 3 aromatic rings. The van der Waals surface area contributed by atoms with E-state index >= 15 is 0 Å². The number of aromatic nitrogens is 2. The Balaban J connectivity index is 1.37. The molecule has 4 rings (SSSR count). The molecular weight excluding hydrogens is 365 g/mol. The van der Waals surface area contributed by atoms with Crippen LogP contribution in [-0.4, -0.2) is 40.1 Å². The number of likely N-dealkylation sites (tertiary alicyclic amines) is 1. The number of hydrogen-bond donors (Lipinski definition) is 0. The van der Waals surface area contributed by atoms with E-state index in [4.69, 9.17) is 0 Å². The van der Waals surface area contributed by atoms with Crippen LogP contribution < -0.4 is 0 Å². The van der Waals surface area contributed by atoms with Crippen LogP contribution >= 0.6 is 0 Å². The third-order valence-electron chi connectivity index (χ3n) is 5.64. The Labute approximate surface area is 171 Å². The Morgan fingerprint density at radius 2 is 1.97 bits per heavy atom. The van der Waals surface area contributed by atoms with Gasteiger partial charge in [-0.15, -0.1) is 0 Å². The molecule has 0 aliphatic carbocycles.